The Morgan fingerprint density at radius 1 is 1.24 bits per heavy atom. The van der Waals surface area contributed by atoms with E-state index in [1.807, 2.05) is 6.92 Å². The first-order chi connectivity index (χ1) is 9.68. The van der Waals surface area contributed by atoms with Crippen molar-refractivity contribution in [3.8, 4) is 0 Å². The van der Waals surface area contributed by atoms with Crippen molar-refractivity contribution in [2.24, 2.45) is 5.41 Å². The van der Waals surface area contributed by atoms with Crippen LogP contribution in [0.5, 0.6) is 0 Å². The summed E-state index contributed by atoms with van der Waals surface area (Å²) in [6.45, 7) is 5.14. The number of rotatable bonds is 5. The second-order valence-electron chi connectivity index (χ2n) is 5.66. The maximum atomic E-state index is 11.7. The third-order valence-corrected chi connectivity index (χ3v) is 2.65. The van der Waals surface area contributed by atoms with Crippen molar-refractivity contribution in [3.05, 3.63) is 24.0 Å². The number of aliphatic carboxylic acids is 1. The number of carboxylic acids is 1. The average molecular weight is 293 g/mol. The number of amides is 3. The van der Waals surface area contributed by atoms with Gasteiger partial charge in [-0.25, -0.2) is 4.79 Å². The molecule has 1 rings (SSSR count). The highest BCUT2D eigenvalue weighted by molar-refractivity contribution is 6.01. The summed E-state index contributed by atoms with van der Waals surface area (Å²) in [7, 11) is 0. The Balaban J connectivity index is 2.51. The van der Waals surface area contributed by atoms with Gasteiger partial charge < -0.3 is 10.4 Å². The van der Waals surface area contributed by atoms with Crippen LogP contribution in [-0.4, -0.2) is 28.0 Å². The van der Waals surface area contributed by atoms with Crippen molar-refractivity contribution in [1.29, 1.82) is 0 Å². The van der Waals surface area contributed by atoms with Crippen molar-refractivity contribution < 1.29 is 19.5 Å². The van der Waals surface area contributed by atoms with E-state index in [1.165, 1.54) is 6.20 Å². The Labute approximate surface area is 122 Å². The van der Waals surface area contributed by atoms with Crippen molar-refractivity contribution in [3.63, 3.8) is 0 Å². The molecule has 0 unspecified atom stereocenters. The van der Waals surface area contributed by atoms with Gasteiger partial charge in [-0.05, 0) is 24.0 Å². The van der Waals surface area contributed by atoms with Gasteiger partial charge in [0, 0.05) is 12.6 Å². The monoisotopic (exact) mass is 293 g/mol. The Morgan fingerprint density at radius 3 is 2.48 bits per heavy atom. The van der Waals surface area contributed by atoms with Crippen LogP contribution in [0.15, 0.2) is 18.5 Å². The van der Waals surface area contributed by atoms with Crippen LogP contribution >= 0.6 is 0 Å². The Kier molecular flexibility index (Phi) is 5.40. The Morgan fingerprint density at radius 2 is 1.90 bits per heavy atom. The minimum Gasteiger partial charge on any atom is -0.481 e. The van der Waals surface area contributed by atoms with Gasteiger partial charge in [-0.15, -0.1) is 0 Å². The van der Waals surface area contributed by atoms with Crippen LogP contribution in [0.1, 0.15) is 32.3 Å². The highest BCUT2D eigenvalue weighted by Crippen LogP contribution is 2.24. The molecule has 0 radical (unpaired) electrons. The van der Waals surface area contributed by atoms with Crippen molar-refractivity contribution >= 4 is 23.6 Å². The minimum absolute atomic E-state index is 0.0568. The van der Waals surface area contributed by atoms with E-state index in [-0.39, 0.29) is 12.8 Å². The number of anilines is 1. The minimum atomic E-state index is -0.983. The number of aromatic nitrogens is 1. The molecule has 3 amide bonds. The molecule has 1 aromatic heterocycles. The van der Waals surface area contributed by atoms with E-state index in [4.69, 9.17) is 5.11 Å². The standard InChI is InChI=1S/C14H19N3O4/c1-9-4-10(8-15-7-9)16-13(21)17-11(18)5-14(2,3)6-12(19)20/h4,7-8H,5-6H2,1-3H3,(H,19,20)(H2,16,17,18,21). The predicted octanol–water partition coefficient (Wildman–Crippen LogP) is 1.93. The van der Waals surface area contributed by atoms with E-state index in [0.29, 0.717) is 5.69 Å². The maximum Gasteiger partial charge on any atom is 0.325 e. The first kappa shape index (κ1) is 16.6. The number of carbonyl (C=O) groups is 3. The smallest absolute Gasteiger partial charge is 0.325 e. The predicted molar refractivity (Wildman–Crippen MR) is 76.8 cm³/mol. The first-order valence-corrected chi connectivity index (χ1v) is 6.42. The fraction of sp³-hybridized carbons (Fsp3) is 0.429. The molecule has 0 bridgehead atoms. The van der Waals surface area contributed by atoms with Crippen LogP contribution in [0, 0.1) is 12.3 Å². The number of nitrogens with one attached hydrogen (secondary N) is 2. The summed E-state index contributed by atoms with van der Waals surface area (Å²) in [5, 5.41) is 13.4. The second kappa shape index (κ2) is 6.83. The van der Waals surface area contributed by atoms with Gasteiger partial charge in [0.15, 0.2) is 0 Å². The van der Waals surface area contributed by atoms with E-state index in [9.17, 15) is 14.4 Å². The van der Waals surface area contributed by atoms with Gasteiger partial charge in [0.25, 0.3) is 0 Å². The fourth-order valence-corrected chi connectivity index (χ4v) is 1.86. The zero-order valence-electron chi connectivity index (χ0n) is 12.3. The van der Waals surface area contributed by atoms with Gasteiger partial charge in [0.1, 0.15) is 0 Å². The SMILES string of the molecule is Cc1cncc(NC(=O)NC(=O)CC(C)(C)CC(=O)O)c1. The van der Waals surface area contributed by atoms with Crippen LogP contribution in [0.4, 0.5) is 10.5 Å². The van der Waals surface area contributed by atoms with Gasteiger partial charge in [0.05, 0.1) is 18.3 Å². The first-order valence-electron chi connectivity index (χ1n) is 6.42. The number of imide groups is 1. The summed E-state index contributed by atoms with van der Waals surface area (Å²) in [6, 6.07) is 1.05. The molecule has 0 aliphatic heterocycles. The molecule has 0 saturated carbocycles. The summed E-state index contributed by atoms with van der Waals surface area (Å²) >= 11 is 0. The molecule has 1 heterocycles. The lowest BCUT2D eigenvalue weighted by atomic mass is 9.85. The van der Waals surface area contributed by atoms with Gasteiger partial charge in [-0.3, -0.25) is 19.9 Å². The Hall–Kier alpha value is -2.44. The van der Waals surface area contributed by atoms with E-state index >= 15 is 0 Å². The fourth-order valence-electron chi connectivity index (χ4n) is 1.86. The molecule has 7 nitrogen and oxygen atoms in total. The van der Waals surface area contributed by atoms with Gasteiger partial charge in [-0.2, -0.15) is 0 Å². The number of nitrogens with zero attached hydrogens (tertiary/aromatic N) is 1. The normalized spacial score (nSPS) is 10.8. The highest BCUT2D eigenvalue weighted by Gasteiger charge is 2.25. The summed E-state index contributed by atoms with van der Waals surface area (Å²) in [5.74, 6) is -1.51. The molecule has 3 N–H and O–H groups in total. The van der Waals surface area contributed by atoms with Crippen molar-refractivity contribution in [2.45, 2.75) is 33.6 Å². The number of hydrogen-bond acceptors (Lipinski definition) is 4. The van der Waals surface area contributed by atoms with E-state index < -0.39 is 23.3 Å². The summed E-state index contributed by atoms with van der Waals surface area (Å²) in [6.07, 6.45) is 2.90. The number of urea groups is 1. The zero-order valence-corrected chi connectivity index (χ0v) is 12.3. The maximum absolute atomic E-state index is 11.7. The number of aryl methyl sites for hydroxylation is 1. The summed E-state index contributed by atoms with van der Waals surface area (Å²) in [5.41, 5.74) is 0.632. The number of pyridine rings is 1. The molecule has 0 atom stereocenters. The largest absolute Gasteiger partial charge is 0.481 e. The molecule has 0 saturated heterocycles. The molecule has 0 spiro atoms. The molecule has 1 aromatic rings. The van der Waals surface area contributed by atoms with Crippen LogP contribution in [0.3, 0.4) is 0 Å². The Bertz CT molecular complexity index is 555. The summed E-state index contributed by atoms with van der Waals surface area (Å²) in [4.78, 5) is 38.0. The van der Waals surface area contributed by atoms with Crippen LogP contribution in [0.25, 0.3) is 0 Å². The molecule has 21 heavy (non-hydrogen) atoms. The quantitative estimate of drug-likeness (QED) is 0.768. The number of hydrogen-bond donors (Lipinski definition) is 3. The average Bonchev–Trinajstić information content (AvgIpc) is 2.24. The van der Waals surface area contributed by atoms with Crippen LogP contribution < -0.4 is 10.6 Å². The summed E-state index contributed by atoms with van der Waals surface area (Å²) < 4.78 is 0. The lowest BCUT2D eigenvalue weighted by molar-refractivity contribution is -0.139. The topological polar surface area (TPSA) is 108 Å². The van der Waals surface area contributed by atoms with Crippen molar-refractivity contribution in [1.82, 2.24) is 10.3 Å². The third kappa shape index (κ3) is 6.51. The van der Waals surface area contributed by atoms with E-state index in [0.717, 1.165) is 5.56 Å². The molecular weight excluding hydrogens is 274 g/mol. The van der Waals surface area contributed by atoms with Crippen LogP contribution in [-0.2, 0) is 9.59 Å². The van der Waals surface area contributed by atoms with Gasteiger partial charge in [0.2, 0.25) is 5.91 Å². The molecule has 0 fully saturated rings. The highest BCUT2D eigenvalue weighted by atomic mass is 16.4. The lowest BCUT2D eigenvalue weighted by Gasteiger charge is -2.21. The molecular formula is C14H19N3O4. The second-order valence-corrected chi connectivity index (χ2v) is 5.66. The third-order valence-electron chi connectivity index (χ3n) is 2.65. The molecule has 0 aliphatic carbocycles. The van der Waals surface area contributed by atoms with Crippen molar-refractivity contribution in [2.75, 3.05) is 5.32 Å². The van der Waals surface area contributed by atoms with E-state index in [2.05, 4.69) is 15.6 Å². The number of carbonyl (C=O) groups excluding carboxylic acids is 2. The zero-order chi connectivity index (χ0) is 16.0. The number of carboxylic acid groups (broad SMARTS) is 1. The molecule has 0 aliphatic rings. The van der Waals surface area contributed by atoms with E-state index in [1.54, 1.807) is 26.1 Å². The lowest BCUT2D eigenvalue weighted by Crippen LogP contribution is -2.37. The van der Waals surface area contributed by atoms with Gasteiger partial charge >= 0.3 is 12.0 Å². The van der Waals surface area contributed by atoms with Crippen LogP contribution in [0.2, 0.25) is 0 Å². The molecule has 0 aromatic carbocycles. The molecule has 114 valence electrons. The molecule has 7 heteroatoms. The van der Waals surface area contributed by atoms with Gasteiger partial charge in [-0.1, -0.05) is 13.8 Å².